The van der Waals surface area contributed by atoms with Crippen molar-refractivity contribution in [3.05, 3.63) is 35.9 Å². The zero-order chi connectivity index (χ0) is 12.7. The Morgan fingerprint density at radius 1 is 1.18 bits per heavy atom. The molecule has 1 aromatic carbocycles. The number of aryl methyl sites for hydroxylation is 1. The highest BCUT2D eigenvalue weighted by Gasteiger charge is 2.22. The van der Waals surface area contributed by atoms with Crippen LogP contribution in [0.15, 0.2) is 30.3 Å². The van der Waals surface area contributed by atoms with Gasteiger partial charge in [-0.2, -0.15) is 0 Å². The van der Waals surface area contributed by atoms with Gasteiger partial charge in [0.15, 0.2) is 0 Å². The Bertz CT molecular complexity index is 306. The highest BCUT2D eigenvalue weighted by molar-refractivity contribution is 5.14. The maximum atomic E-state index is 9.55. The van der Waals surface area contributed by atoms with Crippen LogP contribution in [0.2, 0.25) is 0 Å². The summed E-state index contributed by atoms with van der Waals surface area (Å²) in [7, 11) is 0. The van der Waals surface area contributed by atoms with Gasteiger partial charge in [-0.05, 0) is 52.1 Å². The number of hydrogen-bond acceptors (Lipinski definition) is 2. The summed E-state index contributed by atoms with van der Waals surface area (Å²) in [4.78, 5) is 0. The fourth-order valence-corrected chi connectivity index (χ4v) is 1.66. The molecule has 0 radical (unpaired) electrons. The molecule has 2 heteroatoms. The van der Waals surface area contributed by atoms with E-state index in [1.165, 1.54) is 12.0 Å². The van der Waals surface area contributed by atoms with E-state index < -0.39 is 0 Å². The van der Waals surface area contributed by atoms with E-state index in [1.807, 2.05) is 20.8 Å². The van der Waals surface area contributed by atoms with Crippen molar-refractivity contribution in [1.82, 2.24) is 5.32 Å². The molecular formula is C15H25NO. The van der Waals surface area contributed by atoms with Crippen LogP contribution < -0.4 is 5.32 Å². The number of aliphatic hydroxyl groups excluding tert-OH is 1. The quantitative estimate of drug-likeness (QED) is 0.712. The fraction of sp³-hybridized carbons (Fsp3) is 0.600. The molecule has 0 aromatic heterocycles. The summed E-state index contributed by atoms with van der Waals surface area (Å²) in [6.45, 7) is 6.87. The van der Waals surface area contributed by atoms with Crippen LogP contribution in [0, 0.1) is 0 Å². The molecule has 1 unspecified atom stereocenters. The minimum atomic E-state index is -0.323. The standard InChI is InChI=1S/C15H25NO/c1-13(17)15(2,3)16-12-8-7-11-14-9-5-4-6-10-14/h4-6,9-10,13,16-17H,7-8,11-12H2,1-3H3. The molecule has 0 amide bonds. The zero-order valence-corrected chi connectivity index (χ0v) is 11.2. The normalized spacial score (nSPS) is 13.6. The van der Waals surface area contributed by atoms with Gasteiger partial charge in [0.2, 0.25) is 0 Å². The van der Waals surface area contributed by atoms with Crippen LogP contribution in [0.3, 0.4) is 0 Å². The molecule has 0 aliphatic rings. The molecule has 1 atom stereocenters. The van der Waals surface area contributed by atoms with Crippen LogP contribution in [0.5, 0.6) is 0 Å². The summed E-state index contributed by atoms with van der Waals surface area (Å²) in [5.41, 5.74) is 1.22. The van der Waals surface area contributed by atoms with E-state index in [0.29, 0.717) is 0 Å². The van der Waals surface area contributed by atoms with Crippen molar-refractivity contribution in [3.8, 4) is 0 Å². The number of aliphatic hydroxyl groups is 1. The van der Waals surface area contributed by atoms with Crippen LogP contribution in [-0.4, -0.2) is 23.3 Å². The highest BCUT2D eigenvalue weighted by atomic mass is 16.3. The van der Waals surface area contributed by atoms with Crippen LogP contribution in [0.1, 0.15) is 39.2 Å². The molecule has 0 bridgehead atoms. The molecule has 17 heavy (non-hydrogen) atoms. The Hall–Kier alpha value is -0.860. The second-order valence-corrected chi connectivity index (χ2v) is 5.27. The molecule has 0 saturated heterocycles. The van der Waals surface area contributed by atoms with E-state index in [-0.39, 0.29) is 11.6 Å². The molecule has 96 valence electrons. The van der Waals surface area contributed by atoms with Gasteiger partial charge in [0.05, 0.1) is 6.10 Å². The van der Waals surface area contributed by atoms with Gasteiger partial charge < -0.3 is 10.4 Å². The van der Waals surface area contributed by atoms with Gasteiger partial charge >= 0.3 is 0 Å². The third kappa shape index (κ3) is 5.33. The molecule has 1 aromatic rings. The predicted molar refractivity (Wildman–Crippen MR) is 73.1 cm³/mol. The molecule has 0 spiro atoms. The Balaban J connectivity index is 2.13. The van der Waals surface area contributed by atoms with Crippen molar-refractivity contribution in [2.45, 2.75) is 51.7 Å². The number of benzene rings is 1. The van der Waals surface area contributed by atoms with Gasteiger partial charge in [0, 0.05) is 5.54 Å². The summed E-state index contributed by atoms with van der Waals surface area (Å²) >= 11 is 0. The SMILES string of the molecule is CC(O)C(C)(C)NCCCCc1ccccc1. The van der Waals surface area contributed by atoms with E-state index in [1.54, 1.807) is 0 Å². The lowest BCUT2D eigenvalue weighted by molar-refractivity contribution is 0.0967. The molecule has 0 saturated carbocycles. The monoisotopic (exact) mass is 235 g/mol. The molecule has 0 aliphatic heterocycles. The highest BCUT2D eigenvalue weighted by Crippen LogP contribution is 2.09. The molecular weight excluding hydrogens is 210 g/mol. The number of unbranched alkanes of at least 4 members (excludes halogenated alkanes) is 1. The van der Waals surface area contributed by atoms with Gasteiger partial charge in [-0.3, -0.25) is 0 Å². The second-order valence-electron chi connectivity index (χ2n) is 5.27. The van der Waals surface area contributed by atoms with Gasteiger partial charge in [-0.25, -0.2) is 0 Å². The van der Waals surface area contributed by atoms with Gasteiger partial charge in [-0.15, -0.1) is 0 Å². The first kappa shape index (κ1) is 14.2. The molecule has 0 heterocycles. The van der Waals surface area contributed by atoms with Crippen LogP contribution in [-0.2, 0) is 6.42 Å². The minimum Gasteiger partial charge on any atom is -0.392 e. The second kappa shape index (κ2) is 6.77. The largest absolute Gasteiger partial charge is 0.392 e. The molecule has 2 nitrogen and oxygen atoms in total. The van der Waals surface area contributed by atoms with Crippen molar-refractivity contribution in [2.24, 2.45) is 0 Å². The fourth-order valence-electron chi connectivity index (χ4n) is 1.66. The maximum Gasteiger partial charge on any atom is 0.0688 e. The molecule has 0 aliphatic carbocycles. The lowest BCUT2D eigenvalue weighted by atomic mass is 9.98. The summed E-state index contributed by atoms with van der Waals surface area (Å²) in [6.07, 6.45) is 3.15. The van der Waals surface area contributed by atoms with E-state index >= 15 is 0 Å². The van der Waals surface area contributed by atoms with Crippen molar-refractivity contribution in [3.63, 3.8) is 0 Å². The molecule has 1 rings (SSSR count). The average Bonchev–Trinajstić information content (AvgIpc) is 2.29. The molecule has 0 fully saturated rings. The Labute approximate surface area is 105 Å². The average molecular weight is 235 g/mol. The molecule has 2 N–H and O–H groups in total. The smallest absolute Gasteiger partial charge is 0.0688 e. The number of nitrogens with one attached hydrogen (secondary N) is 1. The minimum absolute atomic E-state index is 0.188. The van der Waals surface area contributed by atoms with Gasteiger partial charge in [0.25, 0.3) is 0 Å². The van der Waals surface area contributed by atoms with Crippen molar-refractivity contribution >= 4 is 0 Å². The van der Waals surface area contributed by atoms with Crippen molar-refractivity contribution in [1.29, 1.82) is 0 Å². The summed E-state index contributed by atoms with van der Waals surface area (Å²) in [6, 6.07) is 10.6. The van der Waals surface area contributed by atoms with Crippen LogP contribution in [0.25, 0.3) is 0 Å². The number of rotatable bonds is 7. The lowest BCUT2D eigenvalue weighted by Crippen LogP contribution is -2.48. The third-order valence-corrected chi connectivity index (χ3v) is 3.36. The van der Waals surface area contributed by atoms with E-state index in [0.717, 1.165) is 19.4 Å². The first-order chi connectivity index (χ1) is 8.02. The lowest BCUT2D eigenvalue weighted by Gasteiger charge is -2.29. The van der Waals surface area contributed by atoms with E-state index in [4.69, 9.17) is 0 Å². The Kier molecular flexibility index (Phi) is 5.66. The van der Waals surface area contributed by atoms with E-state index in [9.17, 15) is 5.11 Å². The third-order valence-electron chi connectivity index (χ3n) is 3.36. The number of hydrogen-bond donors (Lipinski definition) is 2. The van der Waals surface area contributed by atoms with Gasteiger partial charge in [-0.1, -0.05) is 30.3 Å². The Morgan fingerprint density at radius 2 is 1.82 bits per heavy atom. The van der Waals surface area contributed by atoms with Crippen molar-refractivity contribution in [2.75, 3.05) is 6.54 Å². The summed E-state index contributed by atoms with van der Waals surface area (Å²) in [5.74, 6) is 0. The maximum absolute atomic E-state index is 9.55. The van der Waals surface area contributed by atoms with Crippen LogP contribution in [0.4, 0.5) is 0 Å². The first-order valence-corrected chi connectivity index (χ1v) is 6.49. The predicted octanol–water partition coefficient (Wildman–Crippen LogP) is 2.76. The summed E-state index contributed by atoms with van der Waals surface area (Å²) in [5, 5.41) is 12.9. The van der Waals surface area contributed by atoms with Crippen LogP contribution >= 0.6 is 0 Å². The topological polar surface area (TPSA) is 32.3 Å². The van der Waals surface area contributed by atoms with E-state index in [2.05, 4.69) is 35.6 Å². The Morgan fingerprint density at radius 3 is 2.41 bits per heavy atom. The summed E-state index contributed by atoms with van der Waals surface area (Å²) < 4.78 is 0. The van der Waals surface area contributed by atoms with Gasteiger partial charge in [0.1, 0.15) is 0 Å². The zero-order valence-electron chi connectivity index (χ0n) is 11.2. The van der Waals surface area contributed by atoms with Crippen molar-refractivity contribution < 1.29 is 5.11 Å². The first-order valence-electron chi connectivity index (χ1n) is 6.49.